The van der Waals surface area contributed by atoms with Crippen LogP contribution in [0, 0.1) is 0 Å². The summed E-state index contributed by atoms with van der Waals surface area (Å²) in [6, 6.07) is 18.4. The molecule has 38 heavy (non-hydrogen) atoms. The first kappa shape index (κ1) is 23.2. The molecule has 1 unspecified atom stereocenters. The molecular formula is C31H27ClN4O2. The molecule has 5 heterocycles. The number of hydrogen-bond donors (Lipinski definition) is 1. The molecule has 1 N–H and O–H groups in total. The number of amides is 1. The van der Waals surface area contributed by atoms with E-state index in [0.717, 1.165) is 76.2 Å². The highest BCUT2D eigenvalue weighted by atomic mass is 35.5. The molecule has 1 amide bonds. The van der Waals surface area contributed by atoms with E-state index in [4.69, 9.17) is 16.3 Å². The highest BCUT2D eigenvalue weighted by Gasteiger charge is 2.35. The van der Waals surface area contributed by atoms with Gasteiger partial charge in [0.25, 0.3) is 5.91 Å². The number of hydrogen-bond acceptors (Lipinski definition) is 4. The Morgan fingerprint density at radius 3 is 2.71 bits per heavy atom. The second kappa shape index (κ2) is 9.44. The number of carbonyl (C=O) groups excluding carboxylic acids is 1. The fraction of sp³-hybridized carbons (Fsp3) is 0.258. The average molecular weight is 523 g/mol. The quantitative estimate of drug-likeness (QED) is 0.299. The molecule has 1 saturated heterocycles. The summed E-state index contributed by atoms with van der Waals surface area (Å²) >= 11 is 6.58. The maximum Gasteiger partial charge on any atom is 0.263 e. The molecule has 2 aliphatic heterocycles. The normalized spacial score (nSPS) is 17.1. The van der Waals surface area contributed by atoms with Crippen LogP contribution >= 0.6 is 11.6 Å². The zero-order chi connectivity index (χ0) is 25.6. The molecule has 2 aromatic carbocycles. The van der Waals surface area contributed by atoms with Crippen LogP contribution in [0.2, 0.25) is 5.02 Å². The predicted octanol–water partition coefficient (Wildman–Crippen LogP) is 6.34. The van der Waals surface area contributed by atoms with Crippen molar-refractivity contribution in [3.8, 4) is 16.9 Å². The number of fused-ring (bicyclic) bond motifs is 3. The first-order valence-electron chi connectivity index (χ1n) is 13.2. The van der Waals surface area contributed by atoms with Crippen LogP contribution in [0.5, 0.6) is 5.75 Å². The van der Waals surface area contributed by atoms with Crippen LogP contribution in [0.15, 0.2) is 67.0 Å². The van der Waals surface area contributed by atoms with Crippen molar-refractivity contribution in [2.75, 3.05) is 13.1 Å². The van der Waals surface area contributed by atoms with Crippen molar-refractivity contribution in [2.45, 2.75) is 38.2 Å². The van der Waals surface area contributed by atoms with E-state index in [2.05, 4.69) is 39.2 Å². The van der Waals surface area contributed by atoms with Gasteiger partial charge in [-0.15, -0.1) is 0 Å². The number of piperidine rings is 1. The van der Waals surface area contributed by atoms with Crippen molar-refractivity contribution in [1.29, 1.82) is 0 Å². The smallest absolute Gasteiger partial charge is 0.263 e. The topological polar surface area (TPSA) is 71.1 Å². The van der Waals surface area contributed by atoms with E-state index in [9.17, 15) is 4.79 Å². The van der Waals surface area contributed by atoms with Gasteiger partial charge in [0.15, 0.2) is 6.10 Å². The number of aromatic nitrogens is 3. The summed E-state index contributed by atoms with van der Waals surface area (Å²) in [6.07, 6.45) is 7.72. The molecule has 0 aliphatic carbocycles. The Morgan fingerprint density at radius 2 is 1.84 bits per heavy atom. The molecule has 0 saturated carbocycles. The molecule has 2 aliphatic rings. The molecule has 3 aromatic heterocycles. The predicted molar refractivity (Wildman–Crippen MR) is 150 cm³/mol. The third-order valence-electron chi connectivity index (χ3n) is 7.68. The van der Waals surface area contributed by atoms with Crippen LogP contribution in [-0.2, 0) is 17.6 Å². The number of likely N-dealkylation sites (tertiary alicyclic amines) is 1. The van der Waals surface area contributed by atoms with E-state index < -0.39 is 6.10 Å². The number of H-pyrrole nitrogens is 1. The number of nitrogens with zero attached hydrogens (tertiary/aromatic N) is 3. The van der Waals surface area contributed by atoms with Gasteiger partial charge in [-0.05, 0) is 60.5 Å². The molecule has 0 radical (unpaired) electrons. The second-order valence-corrected chi connectivity index (χ2v) is 10.7. The number of ether oxygens (including phenoxy) is 1. The van der Waals surface area contributed by atoms with Gasteiger partial charge >= 0.3 is 0 Å². The first-order chi connectivity index (χ1) is 18.6. The van der Waals surface area contributed by atoms with E-state index in [-0.39, 0.29) is 5.91 Å². The van der Waals surface area contributed by atoms with Crippen molar-refractivity contribution in [3.63, 3.8) is 0 Å². The zero-order valence-corrected chi connectivity index (χ0v) is 21.7. The number of carbonyl (C=O) groups is 1. The summed E-state index contributed by atoms with van der Waals surface area (Å²) in [4.78, 5) is 27.9. The number of pyridine rings is 2. The standard InChI is InChI=1S/C31H27ClN4O2/c32-22-12-21-14-28(31(37)36-10-4-1-5-11-36)38-29(21)26(15-22)25-8-9-33-30-27(25)17-24(35-30)16-23-13-19-6-2-3-7-20(19)18-34-23/h2-3,6-9,12-13,15,17-18,28H,1,4-5,10-11,14,16H2,(H,33,35). The minimum absolute atomic E-state index is 0.0784. The van der Waals surface area contributed by atoms with Gasteiger partial charge < -0.3 is 14.6 Å². The summed E-state index contributed by atoms with van der Waals surface area (Å²) in [5.41, 5.74) is 5.66. The average Bonchev–Trinajstić information content (AvgIpc) is 3.56. The van der Waals surface area contributed by atoms with Gasteiger partial charge in [-0.1, -0.05) is 35.9 Å². The van der Waals surface area contributed by atoms with Crippen LogP contribution in [-0.4, -0.2) is 45.0 Å². The third-order valence-corrected chi connectivity index (χ3v) is 7.89. The molecule has 7 rings (SSSR count). The summed E-state index contributed by atoms with van der Waals surface area (Å²) in [6.45, 7) is 1.62. The molecule has 0 bridgehead atoms. The van der Waals surface area contributed by atoms with Gasteiger partial charge in [0.2, 0.25) is 0 Å². The van der Waals surface area contributed by atoms with Crippen molar-refractivity contribution in [1.82, 2.24) is 19.9 Å². The number of rotatable bonds is 4. The largest absolute Gasteiger partial charge is 0.479 e. The number of benzene rings is 2. The van der Waals surface area contributed by atoms with Crippen LogP contribution in [0.4, 0.5) is 0 Å². The van der Waals surface area contributed by atoms with E-state index in [1.807, 2.05) is 41.4 Å². The van der Waals surface area contributed by atoms with E-state index in [1.54, 1.807) is 6.20 Å². The minimum Gasteiger partial charge on any atom is -0.479 e. The Labute approximate surface area is 225 Å². The summed E-state index contributed by atoms with van der Waals surface area (Å²) in [5.74, 6) is 0.825. The first-order valence-corrected chi connectivity index (χ1v) is 13.6. The minimum atomic E-state index is -0.501. The number of nitrogens with one attached hydrogen (secondary N) is 1. The van der Waals surface area contributed by atoms with E-state index in [0.29, 0.717) is 17.9 Å². The number of aromatic amines is 1. The molecular weight excluding hydrogens is 496 g/mol. The lowest BCUT2D eigenvalue weighted by Gasteiger charge is -2.28. The molecule has 190 valence electrons. The van der Waals surface area contributed by atoms with Gasteiger partial charge in [-0.2, -0.15) is 0 Å². The maximum atomic E-state index is 13.2. The Balaban J connectivity index is 1.22. The summed E-state index contributed by atoms with van der Waals surface area (Å²) in [5, 5.41) is 3.92. The summed E-state index contributed by atoms with van der Waals surface area (Å²) in [7, 11) is 0. The number of halogens is 1. The zero-order valence-electron chi connectivity index (χ0n) is 20.9. The van der Waals surface area contributed by atoms with Gasteiger partial charge in [0.1, 0.15) is 11.4 Å². The van der Waals surface area contributed by atoms with Crippen molar-refractivity contribution < 1.29 is 9.53 Å². The molecule has 5 aromatic rings. The van der Waals surface area contributed by atoms with Gasteiger partial charge in [-0.3, -0.25) is 9.78 Å². The lowest BCUT2D eigenvalue weighted by atomic mass is 9.98. The van der Waals surface area contributed by atoms with E-state index >= 15 is 0 Å². The molecule has 0 spiro atoms. The second-order valence-electron chi connectivity index (χ2n) is 10.3. The summed E-state index contributed by atoms with van der Waals surface area (Å²) < 4.78 is 6.36. The van der Waals surface area contributed by atoms with Crippen LogP contribution in [0.3, 0.4) is 0 Å². The van der Waals surface area contributed by atoms with Gasteiger partial charge in [0.05, 0.1) is 0 Å². The fourth-order valence-corrected chi connectivity index (χ4v) is 6.05. The molecule has 1 atom stereocenters. The van der Waals surface area contributed by atoms with Gasteiger partial charge in [0, 0.05) is 76.6 Å². The van der Waals surface area contributed by atoms with Crippen LogP contribution in [0.1, 0.15) is 36.2 Å². The highest BCUT2D eigenvalue weighted by Crippen LogP contribution is 2.43. The lowest BCUT2D eigenvalue weighted by molar-refractivity contribution is -0.138. The molecule has 1 fully saturated rings. The Kier molecular flexibility index (Phi) is 5.77. The monoisotopic (exact) mass is 522 g/mol. The lowest BCUT2D eigenvalue weighted by Crippen LogP contribution is -2.43. The maximum absolute atomic E-state index is 13.2. The van der Waals surface area contributed by atoms with Crippen molar-refractivity contribution in [3.05, 3.63) is 89.0 Å². The Hall–Kier alpha value is -3.90. The molecule has 7 heteroatoms. The Bertz CT molecular complexity index is 1690. The van der Waals surface area contributed by atoms with Crippen molar-refractivity contribution >= 4 is 39.3 Å². The SMILES string of the molecule is O=C(C1Cc2cc(Cl)cc(-c3ccnc4[nH]c(Cc5cc6ccccc6cn5)cc34)c2O1)N1CCCCC1. The van der Waals surface area contributed by atoms with E-state index in [1.165, 1.54) is 11.8 Å². The van der Waals surface area contributed by atoms with Gasteiger partial charge in [-0.25, -0.2) is 4.98 Å². The van der Waals surface area contributed by atoms with Crippen LogP contribution < -0.4 is 4.74 Å². The molecule has 6 nitrogen and oxygen atoms in total. The fourth-order valence-electron chi connectivity index (χ4n) is 5.81. The van der Waals surface area contributed by atoms with Crippen molar-refractivity contribution in [2.24, 2.45) is 0 Å². The van der Waals surface area contributed by atoms with Crippen LogP contribution in [0.25, 0.3) is 32.9 Å². The highest BCUT2D eigenvalue weighted by molar-refractivity contribution is 6.31. The Morgan fingerprint density at radius 1 is 1.00 bits per heavy atom. The third kappa shape index (κ3) is 4.19.